The fourth-order valence-electron chi connectivity index (χ4n) is 5.25. The average molecular weight is 730 g/mol. The van der Waals surface area contributed by atoms with Crippen LogP contribution in [0.5, 0.6) is 23.0 Å². The van der Waals surface area contributed by atoms with E-state index in [1.165, 1.54) is 60.8 Å². The number of methoxy groups -OCH3 is 1. The van der Waals surface area contributed by atoms with Crippen molar-refractivity contribution >= 4 is 45.2 Å². The zero-order chi connectivity index (χ0) is 34.6. The highest BCUT2D eigenvalue weighted by atomic mass is 35.5. The van der Waals surface area contributed by atoms with Crippen molar-refractivity contribution in [2.75, 3.05) is 26.5 Å². The molecular weight excluding hydrogens is 697 g/mol. The second-order valence-electron chi connectivity index (χ2n) is 11.4. The zero-order valence-electron chi connectivity index (χ0n) is 25.9. The van der Waals surface area contributed by atoms with E-state index in [2.05, 4.69) is 9.72 Å². The number of halogens is 4. The van der Waals surface area contributed by atoms with Crippen LogP contribution in [-0.2, 0) is 26.1 Å². The Kier molecular flexibility index (Phi) is 11.2. The second kappa shape index (κ2) is 15.1. The highest BCUT2D eigenvalue weighted by Gasteiger charge is 2.38. The summed E-state index contributed by atoms with van der Waals surface area (Å²) in [5.74, 6) is -1.20. The van der Waals surface area contributed by atoms with Gasteiger partial charge >= 0.3 is 22.7 Å². The van der Waals surface area contributed by atoms with E-state index in [9.17, 15) is 26.8 Å². The lowest BCUT2D eigenvalue weighted by molar-refractivity contribution is -0.154. The first-order valence-electron chi connectivity index (χ1n) is 14.9. The van der Waals surface area contributed by atoms with Gasteiger partial charge in [0.05, 0.1) is 30.0 Å². The van der Waals surface area contributed by atoms with Crippen molar-refractivity contribution in [1.29, 1.82) is 0 Å². The molecule has 258 valence electrons. The van der Waals surface area contributed by atoms with Crippen LogP contribution in [0.25, 0.3) is 0 Å². The molecule has 1 aromatic heterocycles. The third-order valence-corrected chi connectivity index (χ3v) is 8.90. The summed E-state index contributed by atoms with van der Waals surface area (Å²) in [6.45, 7) is -2.57. The molecule has 5 rings (SSSR count). The third-order valence-electron chi connectivity index (χ3n) is 7.76. The second-order valence-corrected chi connectivity index (χ2v) is 13.7. The van der Waals surface area contributed by atoms with Gasteiger partial charge in [0.15, 0.2) is 23.0 Å². The maximum Gasteiger partial charge on any atom is 0.387 e. The largest absolute Gasteiger partial charge is 0.493 e. The summed E-state index contributed by atoms with van der Waals surface area (Å²) in [7, 11) is -2.62. The van der Waals surface area contributed by atoms with E-state index < -0.39 is 40.8 Å². The smallest absolute Gasteiger partial charge is 0.387 e. The topological polar surface area (TPSA) is 131 Å². The number of carbonyl (C=O) groups excluding carboxylic acids is 2. The summed E-state index contributed by atoms with van der Waals surface area (Å²) in [6.07, 6.45) is 5.26. The van der Waals surface area contributed by atoms with Gasteiger partial charge in [-0.15, -0.1) is 0 Å². The molecular formula is C32H32Cl2F2N2O9S. The van der Waals surface area contributed by atoms with Crippen LogP contribution in [0.2, 0.25) is 10.0 Å². The Hall–Kier alpha value is -3.88. The average Bonchev–Trinajstić information content (AvgIpc) is 3.73. The fraction of sp³-hybridized carbons (Fsp3) is 0.406. The molecule has 11 nitrogen and oxygen atoms in total. The van der Waals surface area contributed by atoms with Gasteiger partial charge in [0, 0.05) is 30.9 Å². The summed E-state index contributed by atoms with van der Waals surface area (Å²) >= 11 is 12.8. The molecule has 16 heteroatoms. The summed E-state index contributed by atoms with van der Waals surface area (Å²) in [4.78, 5) is 32.8. The number of benzene rings is 2. The monoisotopic (exact) mass is 728 g/mol. The van der Waals surface area contributed by atoms with Crippen LogP contribution >= 0.6 is 23.2 Å². The Morgan fingerprint density at radius 3 is 2.35 bits per heavy atom. The molecule has 1 unspecified atom stereocenters. The highest BCUT2D eigenvalue weighted by molar-refractivity contribution is 7.86. The molecule has 2 fully saturated rings. The van der Waals surface area contributed by atoms with Gasteiger partial charge in [-0.25, -0.2) is 4.79 Å². The Morgan fingerprint density at radius 2 is 1.71 bits per heavy atom. The predicted octanol–water partition coefficient (Wildman–Crippen LogP) is 6.26. The Labute approximate surface area is 286 Å². The van der Waals surface area contributed by atoms with E-state index >= 15 is 0 Å². The number of amides is 1. The number of ether oxygens (including phenoxy) is 4. The number of rotatable bonds is 14. The lowest BCUT2D eigenvalue weighted by atomic mass is 10.0. The van der Waals surface area contributed by atoms with Gasteiger partial charge in [0.2, 0.25) is 0 Å². The zero-order valence-corrected chi connectivity index (χ0v) is 28.2. The molecule has 48 heavy (non-hydrogen) atoms. The maximum absolute atomic E-state index is 13.8. The van der Waals surface area contributed by atoms with Gasteiger partial charge in [0.25, 0.3) is 5.91 Å². The molecule has 1 aliphatic carbocycles. The van der Waals surface area contributed by atoms with Crippen LogP contribution in [0.1, 0.15) is 53.3 Å². The van der Waals surface area contributed by atoms with E-state index in [-0.39, 0.29) is 58.0 Å². The van der Waals surface area contributed by atoms with Crippen LogP contribution in [0, 0.1) is 5.92 Å². The number of esters is 1. The summed E-state index contributed by atoms with van der Waals surface area (Å²) < 4.78 is 76.7. The van der Waals surface area contributed by atoms with Crippen molar-refractivity contribution in [2.24, 2.45) is 5.92 Å². The van der Waals surface area contributed by atoms with E-state index in [1.807, 2.05) is 0 Å². The van der Waals surface area contributed by atoms with Gasteiger partial charge in [-0.1, -0.05) is 29.3 Å². The lowest BCUT2D eigenvalue weighted by Crippen LogP contribution is -2.42. The van der Waals surface area contributed by atoms with Gasteiger partial charge in [-0.05, 0) is 73.1 Å². The number of likely N-dealkylation sites (tertiary alicyclic amines) is 1. The molecule has 1 saturated heterocycles. The van der Waals surface area contributed by atoms with Crippen molar-refractivity contribution in [3.8, 4) is 23.0 Å². The van der Waals surface area contributed by atoms with Gasteiger partial charge in [-0.2, -0.15) is 17.2 Å². The minimum absolute atomic E-state index is 0.0195. The number of aromatic nitrogens is 1. The minimum Gasteiger partial charge on any atom is -0.493 e. The number of pyridine rings is 1. The SMILES string of the molecule is COc1ccc(C(=O)N2CCC[C@H]2C(=O)OC(Cc2c(Cl)cncc2Cl)c2ccc(OC(F)F)c(OCC3CC3)c2)cc1OS(C)(=O)=O. The maximum atomic E-state index is 13.8. The van der Waals surface area contributed by atoms with Crippen molar-refractivity contribution in [1.82, 2.24) is 9.88 Å². The van der Waals surface area contributed by atoms with Crippen molar-refractivity contribution < 1.29 is 49.9 Å². The Morgan fingerprint density at radius 1 is 1.00 bits per heavy atom. The molecule has 2 aliphatic rings. The molecule has 0 spiro atoms. The van der Waals surface area contributed by atoms with Crippen LogP contribution in [-0.4, -0.2) is 69.3 Å². The molecule has 2 aromatic carbocycles. The Bertz CT molecular complexity index is 1760. The van der Waals surface area contributed by atoms with Gasteiger partial charge in [-0.3, -0.25) is 9.78 Å². The molecule has 2 atom stereocenters. The summed E-state index contributed by atoms with van der Waals surface area (Å²) in [5.41, 5.74) is 0.872. The van der Waals surface area contributed by atoms with Crippen LogP contribution in [0.4, 0.5) is 8.78 Å². The molecule has 1 amide bonds. The van der Waals surface area contributed by atoms with Crippen molar-refractivity contribution in [3.63, 3.8) is 0 Å². The van der Waals surface area contributed by atoms with E-state index in [0.29, 0.717) is 30.1 Å². The predicted molar refractivity (Wildman–Crippen MR) is 171 cm³/mol. The lowest BCUT2D eigenvalue weighted by Gasteiger charge is -2.27. The van der Waals surface area contributed by atoms with Crippen LogP contribution in [0.3, 0.4) is 0 Å². The molecule has 3 aromatic rings. The van der Waals surface area contributed by atoms with E-state index in [4.69, 9.17) is 41.6 Å². The standard InChI is InChI=1S/C32H32Cl2F2N2O9S/c1-43-25-9-8-20(13-29(25)47-48(2,41)42)30(39)38-11-3-4-24(38)31(40)45-27(14-21-22(33)15-37-16-23(21)34)19-7-10-26(46-32(35)36)28(12-19)44-17-18-5-6-18/h7-10,12-13,15-16,18,24,27,32H,3-6,11,14,17H2,1-2H3/t24-,27?/m0/s1. The molecule has 1 saturated carbocycles. The number of hydrogen-bond acceptors (Lipinski definition) is 10. The molecule has 0 bridgehead atoms. The van der Waals surface area contributed by atoms with Crippen LogP contribution < -0.4 is 18.4 Å². The van der Waals surface area contributed by atoms with Gasteiger partial charge < -0.3 is 28.0 Å². The van der Waals surface area contributed by atoms with E-state index in [0.717, 1.165) is 19.1 Å². The fourth-order valence-corrected chi connectivity index (χ4v) is 6.22. The van der Waals surface area contributed by atoms with Crippen molar-refractivity contribution in [2.45, 2.75) is 50.9 Å². The quantitative estimate of drug-likeness (QED) is 0.139. The molecule has 1 aliphatic heterocycles. The van der Waals surface area contributed by atoms with Crippen molar-refractivity contribution in [3.05, 3.63) is 75.5 Å². The van der Waals surface area contributed by atoms with Gasteiger partial charge in [0.1, 0.15) is 12.1 Å². The number of hydrogen-bond donors (Lipinski definition) is 0. The van der Waals surface area contributed by atoms with E-state index in [1.54, 1.807) is 0 Å². The number of alkyl halides is 2. The minimum atomic E-state index is -3.94. The molecule has 0 radical (unpaired) electrons. The number of nitrogens with zero attached hydrogens (tertiary/aromatic N) is 2. The normalized spacial score (nSPS) is 16.8. The first-order chi connectivity index (χ1) is 22.8. The summed E-state index contributed by atoms with van der Waals surface area (Å²) in [6, 6.07) is 7.30. The first-order valence-corrected chi connectivity index (χ1v) is 17.5. The highest BCUT2D eigenvalue weighted by Crippen LogP contribution is 2.39. The summed E-state index contributed by atoms with van der Waals surface area (Å²) in [5, 5.41) is 0.436. The molecule has 0 N–H and O–H groups in total. The van der Waals surface area contributed by atoms with Crippen LogP contribution in [0.15, 0.2) is 48.8 Å². The Balaban J connectivity index is 1.43. The molecule has 2 heterocycles. The third kappa shape index (κ3) is 8.97. The number of carbonyl (C=O) groups is 2. The first kappa shape index (κ1) is 35.4.